The van der Waals surface area contributed by atoms with Crippen LogP contribution in [0.2, 0.25) is 0 Å². The van der Waals surface area contributed by atoms with Gasteiger partial charge in [-0.05, 0) is 62.7 Å². The SMILES string of the molecule is CC(=O)O[C@H]1/C=C/[C@H](C)[C@@H](/C(C)=C/C=C/C(C)CCc2ccccc2)OC(=O)C[C@H](O)CC[C@@]1(C)O. The molecule has 0 spiro atoms. The van der Waals surface area contributed by atoms with E-state index in [0.717, 1.165) is 18.4 Å². The Kier molecular flexibility index (Phi) is 11.6. The number of esters is 2. The van der Waals surface area contributed by atoms with Gasteiger partial charge in [-0.2, -0.15) is 0 Å². The van der Waals surface area contributed by atoms with Crippen LogP contribution in [0.1, 0.15) is 65.9 Å². The molecule has 1 heterocycles. The van der Waals surface area contributed by atoms with Crippen LogP contribution in [0, 0.1) is 11.8 Å². The lowest BCUT2D eigenvalue weighted by Gasteiger charge is -2.32. The first-order valence-corrected chi connectivity index (χ1v) is 12.8. The van der Waals surface area contributed by atoms with Crippen molar-refractivity contribution >= 4 is 11.9 Å². The lowest BCUT2D eigenvalue weighted by Crippen LogP contribution is -2.42. The van der Waals surface area contributed by atoms with E-state index < -0.39 is 35.9 Å². The fourth-order valence-corrected chi connectivity index (χ4v) is 4.26. The second-order valence-electron chi connectivity index (χ2n) is 10.2. The van der Waals surface area contributed by atoms with Crippen LogP contribution in [0.3, 0.4) is 0 Å². The molecular weight excluding hydrogens is 456 g/mol. The third-order valence-corrected chi connectivity index (χ3v) is 6.60. The van der Waals surface area contributed by atoms with E-state index in [0.29, 0.717) is 5.92 Å². The zero-order valence-corrected chi connectivity index (χ0v) is 22.2. The van der Waals surface area contributed by atoms with E-state index in [2.05, 4.69) is 37.3 Å². The highest BCUT2D eigenvalue weighted by Gasteiger charge is 2.34. The largest absolute Gasteiger partial charge is 0.457 e. The van der Waals surface area contributed by atoms with Crippen molar-refractivity contribution < 1.29 is 29.3 Å². The summed E-state index contributed by atoms with van der Waals surface area (Å²) in [5.74, 6) is -0.861. The van der Waals surface area contributed by atoms with Crippen LogP contribution < -0.4 is 0 Å². The molecule has 36 heavy (non-hydrogen) atoms. The maximum atomic E-state index is 12.6. The van der Waals surface area contributed by atoms with E-state index in [1.54, 1.807) is 13.0 Å². The molecule has 0 aromatic heterocycles. The lowest BCUT2D eigenvalue weighted by molar-refractivity contribution is -0.157. The van der Waals surface area contributed by atoms with Crippen molar-refractivity contribution in [3.63, 3.8) is 0 Å². The normalized spacial score (nSPS) is 30.1. The predicted octanol–water partition coefficient (Wildman–Crippen LogP) is 5.09. The van der Waals surface area contributed by atoms with E-state index in [1.807, 2.05) is 38.1 Å². The van der Waals surface area contributed by atoms with Gasteiger partial charge >= 0.3 is 11.9 Å². The van der Waals surface area contributed by atoms with Crippen LogP contribution in [0.25, 0.3) is 0 Å². The maximum absolute atomic E-state index is 12.6. The molecule has 6 atom stereocenters. The number of hydrogen-bond acceptors (Lipinski definition) is 6. The van der Waals surface area contributed by atoms with Crippen LogP contribution in [0.15, 0.2) is 66.3 Å². The second-order valence-corrected chi connectivity index (χ2v) is 10.2. The number of aryl methyl sites for hydroxylation is 1. The van der Waals surface area contributed by atoms with Gasteiger partial charge in [0.1, 0.15) is 17.8 Å². The Bertz CT molecular complexity index is 930. The first kappa shape index (κ1) is 29.5. The molecule has 0 saturated heterocycles. The molecule has 1 aromatic carbocycles. The van der Waals surface area contributed by atoms with E-state index in [1.165, 1.54) is 12.5 Å². The van der Waals surface area contributed by atoms with Gasteiger partial charge < -0.3 is 19.7 Å². The van der Waals surface area contributed by atoms with Gasteiger partial charge in [-0.25, -0.2) is 0 Å². The molecular formula is C30H42O6. The summed E-state index contributed by atoms with van der Waals surface area (Å²) in [5.41, 5.74) is 0.790. The smallest absolute Gasteiger partial charge is 0.309 e. The Labute approximate surface area is 215 Å². The van der Waals surface area contributed by atoms with Crippen LogP contribution in [0.5, 0.6) is 0 Å². The van der Waals surface area contributed by atoms with Crippen molar-refractivity contribution in [2.45, 2.75) is 90.6 Å². The molecule has 0 bridgehead atoms. The first-order chi connectivity index (χ1) is 17.0. The molecule has 1 unspecified atom stereocenters. The third-order valence-electron chi connectivity index (χ3n) is 6.60. The van der Waals surface area contributed by atoms with E-state index in [9.17, 15) is 19.8 Å². The highest BCUT2D eigenvalue weighted by molar-refractivity contribution is 5.70. The molecule has 0 saturated carbocycles. The molecule has 6 heteroatoms. The number of benzene rings is 1. The average Bonchev–Trinajstić information content (AvgIpc) is 2.82. The molecule has 2 N–H and O–H groups in total. The summed E-state index contributed by atoms with van der Waals surface area (Å²) in [7, 11) is 0. The van der Waals surface area contributed by atoms with Gasteiger partial charge in [0.2, 0.25) is 0 Å². The highest BCUT2D eigenvalue weighted by Crippen LogP contribution is 2.27. The molecule has 198 valence electrons. The lowest BCUT2D eigenvalue weighted by atomic mass is 9.88. The van der Waals surface area contributed by atoms with Crippen LogP contribution in [-0.4, -0.2) is 46.1 Å². The molecule has 1 aromatic rings. The summed E-state index contributed by atoms with van der Waals surface area (Å²) in [6.45, 7) is 8.84. The van der Waals surface area contributed by atoms with Crippen molar-refractivity contribution in [2.24, 2.45) is 11.8 Å². The van der Waals surface area contributed by atoms with Gasteiger partial charge in [0.05, 0.1) is 12.5 Å². The molecule has 0 amide bonds. The molecule has 1 aliphatic rings. The van der Waals surface area contributed by atoms with Gasteiger partial charge in [0.25, 0.3) is 0 Å². The van der Waals surface area contributed by atoms with E-state index in [4.69, 9.17) is 9.47 Å². The molecule has 6 nitrogen and oxygen atoms in total. The Morgan fingerprint density at radius 2 is 1.94 bits per heavy atom. The quantitative estimate of drug-likeness (QED) is 0.309. The van der Waals surface area contributed by atoms with Crippen molar-refractivity contribution in [3.05, 3.63) is 71.8 Å². The number of carbonyl (C=O) groups excluding carboxylic acids is 2. The van der Waals surface area contributed by atoms with Crippen LogP contribution >= 0.6 is 0 Å². The summed E-state index contributed by atoms with van der Waals surface area (Å²) >= 11 is 0. The summed E-state index contributed by atoms with van der Waals surface area (Å²) in [6, 6.07) is 10.4. The monoisotopic (exact) mass is 498 g/mol. The second kappa shape index (κ2) is 14.1. The minimum absolute atomic E-state index is 0.160. The zero-order chi connectivity index (χ0) is 26.7. The number of ether oxygens (including phenoxy) is 2. The Morgan fingerprint density at radius 1 is 1.25 bits per heavy atom. The highest BCUT2D eigenvalue weighted by atomic mass is 16.6. The van der Waals surface area contributed by atoms with Crippen molar-refractivity contribution in [3.8, 4) is 0 Å². The molecule has 0 fully saturated rings. The summed E-state index contributed by atoms with van der Waals surface area (Å²) in [6.07, 6.45) is 9.34. The molecule has 2 rings (SSSR count). The number of hydrogen-bond donors (Lipinski definition) is 2. The summed E-state index contributed by atoms with van der Waals surface area (Å²) in [5, 5.41) is 21.2. The summed E-state index contributed by atoms with van der Waals surface area (Å²) in [4.78, 5) is 24.2. The zero-order valence-electron chi connectivity index (χ0n) is 22.2. The molecule has 0 aliphatic carbocycles. The number of rotatable bonds is 7. The van der Waals surface area contributed by atoms with Gasteiger partial charge in [-0.3, -0.25) is 9.59 Å². The van der Waals surface area contributed by atoms with Crippen molar-refractivity contribution in [2.75, 3.05) is 0 Å². The number of aliphatic hydroxyl groups is 2. The number of carbonyl (C=O) groups is 2. The fraction of sp³-hybridized carbons (Fsp3) is 0.533. The number of allylic oxidation sites excluding steroid dienone is 3. The third kappa shape index (κ3) is 10.1. The van der Waals surface area contributed by atoms with E-state index >= 15 is 0 Å². The summed E-state index contributed by atoms with van der Waals surface area (Å²) < 4.78 is 11.1. The Morgan fingerprint density at radius 3 is 2.61 bits per heavy atom. The Balaban J connectivity index is 2.17. The molecule has 1 aliphatic heterocycles. The van der Waals surface area contributed by atoms with Gasteiger partial charge in [-0.15, -0.1) is 0 Å². The van der Waals surface area contributed by atoms with Crippen LogP contribution in [-0.2, 0) is 25.5 Å². The number of aliphatic hydroxyl groups excluding tert-OH is 1. The topological polar surface area (TPSA) is 93.1 Å². The van der Waals surface area contributed by atoms with Gasteiger partial charge in [0, 0.05) is 12.8 Å². The standard InChI is InChI=1S/C30H42O6/c1-21(14-16-25-12-7-6-8-13-25)10-9-11-22(2)29-23(3)15-17-27(35-24(4)31)30(5,34)19-18-26(32)20-28(33)36-29/h6-13,15,17,21,23,26-27,29,32,34H,14,16,18-20H2,1-5H3/b10-9+,17-15+,22-11+/t21?,23-,26+,27-,29+,30+/m0/s1. The maximum Gasteiger partial charge on any atom is 0.309 e. The Hall–Kier alpha value is -2.70. The van der Waals surface area contributed by atoms with Gasteiger partial charge in [-0.1, -0.05) is 68.5 Å². The molecule has 0 radical (unpaired) electrons. The van der Waals surface area contributed by atoms with Gasteiger partial charge in [0.15, 0.2) is 0 Å². The predicted molar refractivity (Wildman–Crippen MR) is 141 cm³/mol. The van der Waals surface area contributed by atoms with Crippen molar-refractivity contribution in [1.29, 1.82) is 0 Å². The van der Waals surface area contributed by atoms with Crippen LogP contribution in [0.4, 0.5) is 0 Å². The minimum Gasteiger partial charge on any atom is -0.457 e. The average molecular weight is 499 g/mol. The van der Waals surface area contributed by atoms with E-state index in [-0.39, 0.29) is 25.2 Å². The van der Waals surface area contributed by atoms with Crippen molar-refractivity contribution in [1.82, 2.24) is 0 Å². The minimum atomic E-state index is -1.38. The first-order valence-electron chi connectivity index (χ1n) is 12.8. The fourth-order valence-electron chi connectivity index (χ4n) is 4.26. The number of cyclic esters (lactones) is 1.